The van der Waals surface area contributed by atoms with Crippen molar-refractivity contribution in [1.82, 2.24) is 4.98 Å². The highest BCUT2D eigenvalue weighted by Crippen LogP contribution is 2.45. The first-order valence-electron chi connectivity index (χ1n) is 5.61. The number of thiophene rings is 1. The average Bonchev–Trinajstić information content (AvgIpc) is 2.77. The number of hydrogen-bond acceptors (Lipinski definition) is 4. The van der Waals surface area contributed by atoms with E-state index in [1.807, 2.05) is 24.3 Å². The number of aromatic nitrogens is 1. The van der Waals surface area contributed by atoms with E-state index in [-0.39, 0.29) is 5.75 Å². The predicted molar refractivity (Wildman–Crippen MR) is 81.0 cm³/mol. The second-order valence-electron chi connectivity index (χ2n) is 3.98. The van der Waals surface area contributed by atoms with Crippen LogP contribution < -0.4 is 4.74 Å². The number of fused-ring (bicyclic) bond motifs is 1. The number of ether oxygens (including phenoxy) is 1. The molecule has 2 heterocycles. The van der Waals surface area contributed by atoms with Crippen molar-refractivity contribution in [2.45, 2.75) is 0 Å². The fourth-order valence-corrected chi connectivity index (χ4v) is 3.33. The molecule has 1 N–H and O–H groups in total. The van der Waals surface area contributed by atoms with E-state index in [0.717, 1.165) is 25.4 Å². The molecule has 0 unspecified atom stereocenters. The summed E-state index contributed by atoms with van der Waals surface area (Å²) in [4.78, 5) is 5.03. The third-order valence-electron chi connectivity index (χ3n) is 2.84. The molecule has 0 aliphatic heterocycles. The largest absolute Gasteiger partial charge is 0.504 e. The smallest absolute Gasteiger partial charge is 0.160 e. The number of pyridine rings is 1. The lowest BCUT2D eigenvalue weighted by molar-refractivity contribution is 0.420. The van der Waals surface area contributed by atoms with Crippen LogP contribution in [-0.2, 0) is 0 Å². The standard InChI is InChI=1S/C14H10BrNO2S/c1-18-10-6-7-16-11-12(17)13(19-14(10)11)8-2-4-9(15)5-3-8/h2-7,17H,1H3. The van der Waals surface area contributed by atoms with Gasteiger partial charge in [-0.3, -0.25) is 4.98 Å². The lowest BCUT2D eigenvalue weighted by atomic mass is 10.2. The molecule has 96 valence electrons. The number of nitrogens with zero attached hydrogens (tertiary/aromatic N) is 1. The lowest BCUT2D eigenvalue weighted by Gasteiger charge is -1.98. The van der Waals surface area contributed by atoms with Gasteiger partial charge in [-0.1, -0.05) is 28.1 Å². The fourth-order valence-electron chi connectivity index (χ4n) is 1.91. The van der Waals surface area contributed by atoms with Crippen molar-refractivity contribution in [3.05, 3.63) is 41.0 Å². The van der Waals surface area contributed by atoms with Crippen LogP contribution in [0, 0.1) is 0 Å². The zero-order valence-electron chi connectivity index (χ0n) is 10.1. The van der Waals surface area contributed by atoms with Gasteiger partial charge in [0, 0.05) is 10.7 Å². The molecule has 0 fully saturated rings. The summed E-state index contributed by atoms with van der Waals surface area (Å²) in [5.41, 5.74) is 1.55. The van der Waals surface area contributed by atoms with Gasteiger partial charge in [0.2, 0.25) is 0 Å². The van der Waals surface area contributed by atoms with Gasteiger partial charge >= 0.3 is 0 Å². The molecule has 0 bridgehead atoms. The van der Waals surface area contributed by atoms with Crippen LogP contribution in [-0.4, -0.2) is 17.2 Å². The summed E-state index contributed by atoms with van der Waals surface area (Å²) in [6.45, 7) is 0. The Balaban J connectivity index is 2.25. The second kappa shape index (κ2) is 4.83. The maximum absolute atomic E-state index is 10.3. The maximum Gasteiger partial charge on any atom is 0.160 e. The minimum Gasteiger partial charge on any atom is -0.504 e. The quantitative estimate of drug-likeness (QED) is 0.752. The number of halogens is 1. The Labute approximate surface area is 122 Å². The summed E-state index contributed by atoms with van der Waals surface area (Å²) in [5, 5.41) is 10.3. The van der Waals surface area contributed by atoms with Crippen LogP contribution in [0.2, 0.25) is 0 Å². The van der Waals surface area contributed by atoms with E-state index in [1.165, 1.54) is 11.3 Å². The van der Waals surface area contributed by atoms with Crippen molar-refractivity contribution in [3.8, 4) is 21.9 Å². The molecule has 1 aromatic carbocycles. The maximum atomic E-state index is 10.3. The van der Waals surface area contributed by atoms with Gasteiger partial charge in [0.1, 0.15) is 11.3 Å². The molecule has 3 nitrogen and oxygen atoms in total. The number of benzene rings is 1. The lowest BCUT2D eigenvalue weighted by Crippen LogP contribution is -1.82. The molecular formula is C14H10BrNO2S. The van der Waals surface area contributed by atoms with E-state index in [9.17, 15) is 5.11 Å². The Morgan fingerprint density at radius 1 is 1.21 bits per heavy atom. The zero-order chi connectivity index (χ0) is 13.4. The van der Waals surface area contributed by atoms with E-state index in [0.29, 0.717) is 5.52 Å². The SMILES string of the molecule is COc1ccnc2c(O)c(-c3ccc(Br)cc3)sc12. The molecule has 3 rings (SSSR count). The monoisotopic (exact) mass is 335 g/mol. The van der Waals surface area contributed by atoms with Crippen molar-refractivity contribution in [3.63, 3.8) is 0 Å². The van der Waals surface area contributed by atoms with E-state index in [2.05, 4.69) is 20.9 Å². The highest BCUT2D eigenvalue weighted by atomic mass is 79.9. The number of aromatic hydroxyl groups is 1. The van der Waals surface area contributed by atoms with Gasteiger partial charge in [-0.25, -0.2) is 0 Å². The third-order valence-corrected chi connectivity index (χ3v) is 4.60. The topological polar surface area (TPSA) is 42.4 Å². The van der Waals surface area contributed by atoms with Crippen LogP contribution >= 0.6 is 27.3 Å². The van der Waals surface area contributed by atoms with Crippen LogP contribution in [0.4, 0.5) is 0 Å². The molecule has 0 atom stereocenters. The van der Waals surface area contributed by atoms with Crippen molar-refractivity contribution in [1.29, 1.82) is 0 Å². The molecule has 0 aliphatic carbocycles. The van der Waals surface area contributed by atoms with Crippen LogP contribution in [0.25, 0.3) is 20.7 Å². The molecule has 0 spiro atoms. The summed E-state index contributed by atoms with van der Waals surface area (Å²) in [7, 11) is 1.62. The van der Waals surface area contributed by atoms with Gasteiger partial charge in [-0.2, -0.15) is 0 Å². The Kier molecular flexibility index (Phi) is 3.16. The first-order valence-corrected chi connectivity index (χ1v) is 7.22. The number of hydrogen-bond donors (Lipinski definition) is 1. The van der Waals surface area contributed by atoms with Gasteiger partial charge in [-0.05, 0) is 23.8 Å². The summed E-state index contributed by atoms with van der Waals surface area (Å²) >= 11 is 4.88. The van der Waals surface area contributed by atoms with Gasteiger partial charge in [0.15, 0.2) is 5.75 Å². The fraction of sp³-hybridized carbons (Fsp3) is 0.0714. The van der Waals surface area contributed by atoms with Gasteiger partial charge in [0.05, 0.1) is 16.7 Å². The van der Waals surface area contributed by atoms with Gasteiger partial charge < -0.3 is 9.84 Å². The van der Waals surface area contributed by atoms with E-state index in [1.54, 1.807) is 19.4 Å². The predicted octanol–water partition coefficient (Wildman–Crippen LogP) is 4.44. The van der Waals surface area contributed by atoms with Crippen LogP contribution in [0.1, 0.15) is 0 Å². The number of methoxy groups -OCH3 is 1. The average molecular weight is 336 g/mol. The van der Waals surface area contributed by atoms with E-state index in [4.69, 9.17) is 4.74 Å². The van der Waals surface area contributed by atoms with Crippen LogP contribution in [0.5, 0.6) is 11.5 Å². The highest BCUT2D eigenvalue weighted by molar-refractivity contribution is 9.10. The first kappa shape index (κ1) is 12.4. The van der Waals surface area contributed by atoms with Gasteiger partial charge in [-0.15, -0.1) is 11.3 Å². The van der Waals surface area contributed by atoms with Crippen molar-refractivity contribution in [2.75, 3.05) is 7.11 Å². The molecule has 0 aliphatic rings. The Morgan fingerprint density at radius 3 is 2.63 bits per heavy atom. The third kappa shape index (κ3) is 2.09. The van der Waals surface area contributed by atoms with Crippen LogP contribution in [0.3, 0.4) is 0 Å². The molecule has 0 amide bonds. The Hall–Kier alpha value is -1.59. The first-order chi connectivity index (χ1) is 9.20. The van der Waals surface area contributed by atoms with E-state index < -0.39 is 0 Å². The molecule has 5 heteroatoms. The summed E-state index contributed by atoms with van der Waals surface area (Å²) in [6, 6.07) is 9.61. The normalized spacial score (nSPS) is 10.8. The summed E-state index contributed by atoms with van der Waals surface area (Å²) in [5.74, 6) is 0.940. The Bertz CT molecular complexity index is 737. The molecule has 0 saturated heterocycles. The molecule has 2 aromatic heterocycles. The zero-order valence-corrected chi connectivity index (χ0v) is 12.5. The van der Waals surface area contributed by atoms with E-state index >= 15 is 0 Å². The van der Waals surface area contributed by atoms with Crippen LogP contribution in [0.15, 0.2) is 41.0 Å². The molecule has 3 aromatic rings. The molecule has 19 heavy (non-hydrogen) atoms. The number of rotatable bonds is 2. The minimum atomic E-state index is 0.209. The highest BCUT2D eigenvalue weighted by Gasteiger charge is 2.16. The van der Waals surface area contributed by atoms with Gasteiger partial charge in [0.25, 0.3) is 0 Å². The second-order valence-corrected chi connectivity index (χ2v) is 5.91. The molecular weight excluding hydrogens is 326 g/mol. The summed E-state index contributed by atoms with van der Waals surface area (Å²) < 4.78 is 7.17. The van der Waals surface area contributed by atoms with Crippen molar-refractivity contribution < 1.29 is 9.84 Å². The van der Waals surface area contributed by atoms with Crippen molar-refractivity contribution >= 4 is 37.5 Å². The Morgan fingerprint density at radius 2 is 1.95 bits per heavy atom. The minimum absolute atomic E-state index is 0.209. The van der Waals surface area contributed by atoms with Crippen molar-refractivity contribution in [2.24, 2.45) is 0 Å². The molecule has 0 saturated carbocycles. The summed E-state index contributed by atoms with van der Waals surface area (Å²) in [6.07, 6.45) is 1.64. The molecule has 0 radical (unpaired) electrons.